The van der Waals surface area contributed by atoms with E-state index in [4.69, 9.17) is 0 Å². The molecule has 0 aliphatic carbocycles. The van der Waals surface area contributed by atoms with Crippen molar-refractivity contribution in [3.8, 4) is 0 Å². The van der Waals surface area contributed by atoms with Crippen molar-refractivity contribution in [2.24, 2.45) is 0 Å². The third-order valence-corrected chi connectivity index (χ3v) is 3.69. The highest BCUT2D eigenvalue weighted by Crippen LogP contribution is 2.23. The van der Waals surface area contributed by atoms with E-state index in [2.05, 4.69) is 15.3 Å². The second-order valence-corrected chi connectivity index (χ2v) is 5.75. The lowest BCUT2D eigenvalue weighted by Crippen LogP contribution is -2.31. The zero-order valence-corrected chi connectivity index (χ0v) is 14.2. The van der Waals surface area contributed by atoms with Crippen molar-refractivity contribution in [3.63, 3.8) is 0 Å². The molecule has 1 aromatic carbocycles. The number of aromatic amines is 1. The molecule has 0 spiro atoms. The number of hydrogen-bond donors (Lipinski definition) is 2. The van der Waals surface area contributed by atoms with Gasteiger partial charge in [0.05, 0.1) is 6.04 Å². The second kappa shape index (κ2) is 7.87. The van der Waals surface area contributed by atoms with Crippen molar-refractivity contribution in [2.75, 3.05) is 19.0 Å². The highest BCUT2D eigenvalue weighted by atomic mass is 19.3. The van der Waals surface area contributed by atoms with E-state index in [1.165, 1.54) is 12.1 Å². The van der Waals surface area contributed by atoms with Gasteiger partial charge in [0.1, 0.15) is 5.69 Å². The monoisotopic (exact) mass is 350 g/mol. The smallest absolute Gasteiger partial charge is 0.270 e. The van der Waals surface area contributed by atoms with Gasteiger partial charge < -0.3 is 10.2 Å². The van der Waals surface area contributed by atoms with Gasteiger partial charge in [0.2, 0.25) is 5.95 Å². The van der Waals surface area contributed by atoms with Gasteiger partial charge in [-0.2, -0.15) is 0 Å². The lowest BCUT2D eigenvalue weighted by atomic mass is 10.0. The maximum atomic E-state index is 12.6. The fourth-order valence-corrected chi connectivity index (χ4v) is 2.30. The summed E-state index contributed by atoms with van der Waals surface area (Å²) in [7, 11) is 3.39. The van der Waals surface area contributed by atoms with Crippen LogP contribution >= 0.6 is 0 Å². The Balaban J connectivity index is 2.21. The molecule has 1 heterocycles. The minimum absolute atomic E-state index is 0.00454. The van der Waals surface area contributed by atoms with Gasteiger partial charge in [-0.15, -0.1) is 0 Å². The van der Waals surface area contributed by atoms with E-state index in [1.807, 2.05) is 6.92 Å². The van der Waals surface area contributed by atoms with E-state index in [-0.39, 0.29) is 23.2 Å². The lowest BCUT2D eigenvalue weighted by molar-refractivity contribution is 0.0930. The molecule has 1 atom stereocenters. The molecule has 2 N–H and O–H groups in total. The predicted molar refractivity (Wildman–Crippen MR) is 91.1 cm³/mol. The average Bonchev–Trinajstić information content (AvgIpc) is 2.58. The van der Waals surface area contributed by atoms with Crippen LogP contribution < -0.4 is 15.8 Å². The molecule has 1 amide bonds. The quantitative estimate of drug-likeness (QED) is 0.840. The first-order valence-corrected chi connectivity index (χ1v) is 7.79. The number of amides is 1. The van der Waals surface area contributed by atoms with Gasteiger partial charge in [0.25, 0.3) is 17.9 Å². The Labute approximate surface area is 143 Å². The summed E-state index contributed by atoms with van der Waals surface area (Å²) in [4.78, 5) is 32.3. The first-order valence-electron chi connectivity index (χ1n) is 7.79. The topological polar surface area (TPSA) is 78.1 Å². The minimum atomic E-state index is -2.53. The normalized spacial score (nSPS) is 12.1. The van der Waals surface area contributed by atoms with Crippen LogP contribution in [0.15, 0.2) is 35.1 Å². The van der Waals surface area contributed by atoms with E-state index in [0.717, 1.165) is 6.07 Å². The van der Waals surface area contributed by atoms with Gasteiger partial charge in [0.15, 0.2) is 0 Å². The van der Waals surface area contributed by atoms with Crippen molar-refractivity contribution in [2.45, 2.75) is 25.8 Å². The first-order chi connectivity index (χ1) is 11.8. The largest absolute Gasteiger partial charge is 0.348 e. The summed E-state index contributed by atoms with van der Waals surface area (Å²) in [6, 6.07) is 6.55. The highest BCUT2D eigenvalue weighted by molar-refractivity contribution is 5.92. The fourth-order valence-electron chi connectivity index (χ4n) is 2.30. The fraction of sp³-hybridized carbons (Fsp3) is 0.353. The average molecular weight is 350 g/mol. The molecule has 0 saturated carbocycles. The molecule has 2 rings (SSSR count). The van der Waals surface area contributed by atoms with Gasteiger partial charge in [-0.05, 0) is 12.0 Å². The van der Waals surface area contributed by atoms with Crippen molar-refractivity contribution < 1.29 is 13.6 Å². The van der Waals surface area contributed by atoms with Crippen LogP contribution in [0.1, 0.15) is 47.4 Å². The Morgan fingerprint density at radius 1 is 1.24 bits per heavy atom. The standard InChI is InChI=1S/C17H20F2N4O2/c1-4-12(10-5-7-11(8-6-10)15(18)19)20-16(25)13-9-14(24)22-17(21-13)23(2)3/h5-9,12,15H,4H2,1-3H3,(H,20,25)(H,21,22,24). The third-order valence-electron chi connectivity index (χ3n) is 3.69. The summed E-state index contributed by atoms with van der Waals surface area (Å²) in [5.74, 6) is -0.231. The van der Waals surface area contributed by atoms with Crippen LogP contribution in [0.25, 0.3) is 0 Å². The molecule has 134 valence electrons. The number of alkyl halides is 2. The minimum Gasteiger partial charge on any atom is -0.348 e. The maximum Gasteiger partial charge on any atom is 0.270 e. The second-order valence-electron chi connectivity index (χ2n) is 5.75. The molecule has 0 aliphatic heterocycles. The SMILES string of the molecule is CCC(NC(=O)c1cc(=O)[nH]c(N(C)C)n1)c1ccc(C(F)F)cc1. The zero-order chi connectivity index (χ0) is 18.6. The Morgan fingerprint density at radius 3 is 2.36 bits per heavy atom. The van der Waals surface area contributed by atoms with Crippen molar-refractivity contribution in [1.82, 2.24) is 15.3 Å². The van der Waals surface area contributed by atoms with Gasteiger partial charge in [0, 0.05) is 25.7 Å². The molecule has 0 fully saturated rings. The van der Waals surface area contributed by atoms with Gasteiger partial charge in [-0.3, -0.25) is 14.6 Å². The van der Waals surface area contributed by atoms with E-state index in [1.54, 1.807) is 31.1 Å². The molecular formula is C17H20F2N4O2. The van der Waals surface area contributed by atoms with Crippen molar-refractivity contribution in [1.29, 1.82) is 0 Å². The number of halogens is 2. The summed E-state index contributed by atoms with van der Waals surface area (Å²) < 4.78 is 25.3. The number of nitrogens with one attached hydrogen (secondary N) is 2. The van der Waals surface area contributed by atoms with E-state index in [9.17, 15) is 18.4 Å². The van der Waals surface area contributed by atoms with Gasteiger partial charge >= 0.3 is 0 Å². The highest BCUT2D eigenvalue weighted by Gasteiger charge is 2.17. The van der Waals surface area contributed by atoms with Crippen molar-refractivity contribution in [3.05, 3.63) is 57.5 Å². The molecular weight excluding hydrogens is 330 g/mol. The van der Waals surface area contributed by atoms with E-state index in [0.29, 0.717) is 12.0 Å². The number of carbonyl (C=O) groups is 1. The summed E-state index contributed by atoms with van der Waals surface area (Å²) >= 11 is 0. The molecule has 8 heteroatoms. The Bertz CT molecular complexity index is 788. The van der Waals surface area contributed by atoms with E-state index < -0.39 is 17.9 Å². The van der Waals surface area contributed by atoms with E-state index >= 15 is 0 Å². The molecule has 0 aliphatic rings. The third kappa shape index (κ3) is 4.62. The number of rotatable bonds is 6. The molecule has 1 aromatic heterocycles. The van der Waals surface area contributed by atoms with Gasteiger partial charge in [-0.1, -0.05) is 31.2 Å². The number of hydrogen-bond acceptors (Lipinski definition) is 4. The lowest BCUT2D eigenvalue weighted by Gasteiger charge is -2.18. The van der Waals surface area contributed by atoms with Crippen LogP contribution in [0, 0.1) is 0 Å². The summed E-state index contributed by atoms with van der Waals surface area (Å²) in [6.07, 6.45) is -1.97. The van der Waals surface area contributed by atoms with Gasteiger partial charge in [-0.25, -0.2) is 13.8 Å². The predicted octanol–water partition coefficient (Wildman–Crippen LogP) is 2.65. The van der Waals surface area contributed by atoms with Crippen LogP contribution in [0.4, 0.5) is 14.7 Å². The Hall–Kier alpha value is -2.77. The molecule has 6 nitrogen and oxygen atoms in total. The summed E-state index contributed by atoms with van der Waals surface area (Å²) in [5.41, 5.74) is 0.197. The molecule has 1 unspecified atom stereocenters. The van der Waals surface area contributed by atoms with Crippen LogP contribution in [-0.4, -0.2) is 30.0 Å². The van der Waals surface area contributed by atoms with Crippen LogP contribution in [0.2, 0.25) is 0 Å². The molecule has 2 aromatic rings. The molecule has 0 bridgehead atoms. The van der Waals surface area contributed by atoms with Crippen molar-refractivity contribution >= 4 is 11.9 Å². The number of nitrogens with zero attached hydrogens (tertiary/aromatic N) is 2. The number of carbonyl (C=O) groups excluding carboxylic acids is 1. The number of benzene rings is 1. The molecule has 25 heavy (non-hydrogen) atoms. The first kappa shape index (κ1) is 18.6. The molecule has 0 saturated heterocycles. The van der Waals surface area contributed by atoms with Crippen LogP contribution in [-0.2, 0) is 0 Å². The summed E-state index contributed by atoms with van der Waals surface area (Å²) in [6.45, 7) is 1.86. The summed E-state index contributed by atoms with van der Waals surface area (Å²) in [5, 5.41) is 2.78. The number of aromatic nitrogens is 2. The number of anilines is 1. The zero-order valence-electron chi connectivity index (χ0n) is 14.2. The maximum absolute atomic E-state index is 12.6. The Kier molecular flexibility index (Phi) is 5.84. The molecule has 0 radical (unpaired) electrons. The van der Waals surface area contributed by atoms with Crippen LogP contribution in [0.5, 0.6) is 0 Å². The van der Waals surface area contributed by atoms with Crippen LogP contribution in [0.3, 0.4) is 0 Å². The Morgan fingerprint density at radius 2 is 1.84 bits per heavy atom. The number of H-pyrrole nitrogens is 1.